The summed E-state index contributed by atoms with van der Waals surface area (Å²) >= 11 is 0. The molecule has 0 fully saturated rings. The number of benzene rings is 2. The van der Waals surface area contributed by atoms with Crippen molar-refractivity contribution in [3.8, 4) is 17.2 Å². The summed E-state index contributed by atoms with van der Waals surface area (Å²) in [6, 6.07) is 14.8. The van der Waals surface area contributed by atoms with Crippen LogP contribution in [0.25, 0.3) is 0 Å². The van der Waals surface area contributed by atoms with Crippen LogP contribution in [-0.4, -0.2) is 33.9 Å². The van der Waals surface area contributed by atoms with E-state index in [4.69, 9.17) is 9.47 Å². The van der Waals surface area contributed by atoms with Crippen LogP contribution in [0.3, 0.4) is 0 Å². The summed E-state index contributed by atoms with van der Waals surface area (Å²) in [5.41, 5.74) is 1.64. The minimum atomic E-state index is -0.121. The largest absolute Gasteiger partial charge is 0.491 e. The highest BCUT2D eigenvalue weighted by atomic mass is 16.5. The molecule has 0 unspecified atom stereocenters. The molecule has 1 aliphatic heterocycles. The zero-order valence-electron chi connectivity index (χ0n) is 15.0. The van der Waals surface area contributed by atoms with Crippen molar-refractivity contribution >= 4 is 5.91 Å². The first-order valence-corrected chi connectivity index (χ1v) is 8.75. The molecule has 4 rings (SSSR count). The number of nitrogens with zero attached hydrogens (tertiary/aromatic N) is 3. The van der Waals surface area contributed by atoms with Crippen LogP contribution < -0.4 is 9.47 Å². The third kappa shape index (κ3) is 3.89. The van der Waals surface area contributed by atoms with E-state index in [0.29, 0.717) is 42.6 Å². The molecule has 0 N–H and O–H groups in total. The summed E-state index contributed by atoms with van der Waals surface area (Å²) in [5.74, 6) is 2.35. The first-order chi connectivity index (χ1) is 13.2. The highest BCUT2D eigenvalue weighted by molar-refractivity contribution is 5.97. The molecular weight excluding hydrogens is 342 g/mol. The minimum Gasteiger partial charge on any atom is -0.491 e. The second kappa shape index (κ2) is 7.45. The van der Waals surface area contributed by atoms with Gasteiger partial charge in [0.1, 0.15) is 29.7 Å². The van der Waals surface area contributed by atoms with E-state index in [2.05, 4.69) is 9.97 Å². The number of aromatic nitrogens is 2. The molecule has 136 valence electrons. The molecular formula is C21H19N3O3. The summed E-state index contributed by atoms with van der Waals surface area (Å²) in [5, 5.41) is 0. The average molecular weight is 361 g/mol. The monoisotopic (exact) mass is 361 g/mol. The van der Waals surface area contributed by atoms with Gasteiger partial charge in [0.2, 0.25) is 0 Å². The molecule has 1 aliphatic rings. The van der Waals surface area contributed by atoms with Crippen LogP contribution in [0, 0.1) is 6.92 Å². The van der Waals surface area contributed by atoms with Crippen LogP contribution in [0.15, 0.2) is 60.9 Å². The molecule has 6 nitrogen and oxygen atoms in total. The lowest BCUT2D eigenvalue weighted by atomic mass is 10.1. The molecule has 0 saturated heterocycles. The summed E-state index contributed by atoms with van der Waals surface area (Å²) in [7, 11) is 0. The molecule has 0 spiro atoms. The van der Waals surface area contributed by atoms with Gasteiger partial charge in [-0.25, -0.2) is 9.97 Å². The first-order valence-electron chi connectivity index (χ1n) is 8.75. The number of fused-ring (bicyclic) bond motifs is 1. The van der Waals surface area contributed by atoms with Crippen LogP contribution in [0.2, 0.25) is 0 Å². The highest BCUT2D eigenvalue weighted by Crippen LogP contribution is 2.30. The Morgan fingerprint density at radius 1 is 1.07 bits per heavy atom. The van der Waals surface area contributed by atoms with E-state index in [0.717, 1.165) is 11.3 Å². The van der Waals surface area contributed by atoms with E-state index in [-0.39, 0.29) is 5.91 Å². The van der Waals surface area contributed by atoms with Gasteiger partial charge < -0.3 is 14.4 Å². The van der Waals surface area contributed by atoms with Crippen LogP contribution in [0.1, 0.15) is 21.7 Å². The van der Waals surface area contributed by atoms with Crippen LogP contribution in [0.4, 0.5) is 0 Å². The molecule has 1 aromatic heterocycles. The Morgan fingerprint density at radius 3 is 2.59 bits per heavy atom. The Labute approximate surface area is 157 Å². The van der Waals surface area contributed by atoms with Crippen molar-refractivity contribution in [2.75, 3.05) is 13.2 Å². The molecule has 0 radical (unpaired) electrons. The molecule has 0 atom stereocenters. The molecule has 6 heteroatoms. The lowest BCUT2D eigenvalue weighted by molar-refractivity contribution is 0.0738. The predicted octanol–water partition coefficient (Wildman–Crippen LogP) is 3.61. The van der Waals surface area contributed by atoms with Crippen LogP contribution in [0.5, 0.6) is 17.2 Å². The van der Waals surface area contributed by atoms with Gasteiger partial charge in [-0.2, -0.15) is 0 Å². The fourth-order valence-corrected chi connectivity index (χ4v) is 2.88. The van der Waals surface area contributed by atoms with Gasteiger partial charge in [-0.15, -0.1) is 0 Å². The van der Waals surface area contributed by atoms with Crippen molar-refractivity contribution in [1.82, 2.24) is 14.9 Å². The van der Waals surface area contributed by atoms with E-state index in [1.54, 1.807) is 35.5 Å². The Balaban J connectivity index is 1.58. The zero-order valence-corrected chi connectivity index (χ0v) is 15.0. The fraction of sp³-hybridized carbons (Fsp3) is 0.190. The summed E-state index contributed by atoms with van der Waals surface area (Å²) in [6.45, 7) is 3.25. The topological polar surface area (TPSA) is 64.5 Å². The molecule has 0 bridgehead atoms. The van der Waals surface area contributed by atoms with Crippen molar-refractivity contribution in [2.45, 2.75) is 13.5 Å². The van der Waals surface area contributed by atoms with Crippen LogP contribution >= 0.6 is 0 Å². The van der Waals surface area contributed by atoms with Crippen LogP contribution in [-0.2, 0) is 6.54 Å². The van der Waals surface area contributed by atoms with Crippen molar-refractivity contribution in [3.63, 3.8) is 0 Å². The number of carbonyl (C=O) groups excluding carboxylic acids is 1. The fourth-order valence-electron chi connectivity index (χ4n) is 2.88. The Morgan fingerprint density at radius 2 is 1.81 bits per heavy atom. The van der Waals surface area contributed by atoms with Crippen molar-refractivity contribution in [3.05, 3.63) is 77.9 Å². The molecule has 0 saturated carbocycles. The van der Waals surface area contributed by atoms with E-state index in [1.165, 1.54) is 0 Å². The van der Waals surface area contributed by atoms with Gasteiger partial charge in [-0.05, 0) is 43.3 Å². The normalized spacial score (nSPS) is 13.5. The van der Waals surface area contributed by atoms with Gasteiger partial charge in [0, 0.05) is 12.4 Å². The quantitative estimate of drug-likeness (QED) is 0.710. The molecule has 3 aromatic rings. The molecule has 27 heavy (non-hydrogen) atoms. The second-order valence-electron chi connectivity index (χ2n) is 6.31. The number of hydrogen-bond donors (Lipinski definition) is 0. The van der Waals surface area contributed by atoms with Crippen molar-refractivity contribution < 1.29 is 14.3 Å². The van der Waals surface area contributed by atoms with Gasteiger partial charge >= 0.3 is 0 Å². The third-order valence-electron chi connectivity index (χ3n) is 4.30. The van der Waals surface area contributed by atoms with Crippen molar-refractivity contribution in [2.24, 2.45) is 0 Å². The minimum absolute atomic E-state index is 0.121. The van der Waals surface area contributed by atoms with Crippen molar-refractivity contribution in [1.29, 1.82) is 0 Å². The number of ether oxygens (including phenoxy) is 2. The van der Waals surface area contributed by atoms with Gasteiger partial charge in [-0.3, -0.25) is 4.79 Å². The average Bonchev–Trinajstić information content (AvgIpc) is 2.84. The Kier molecular flexibility index (Phi) is 4.70. The zero-order chi connectivity index (χ0) is 18.6. The number of aryl methyl sites for hydroxylation is 1. The van der Waals surface area contributed by atoms with Gasteiger partial charge in [-0.1, -0.05) is 17.7 Å². The van der Waals surface area contributed by atoms with E-state index < -0.39 is 0 Å². The Bertz CT molecular complexity index is 943. The van der Waals surface area contributed by atoms with E-state index >= 15 is 0 Å². The number of rotatable bonds is 4. The molecule has 1 amide bonds. The smallest absolute Gasteiger partial charge is 0.258 e. The second-order valence-corrected chi connectivity index (χ2v) is 6.31. The number of hydrogen-bond acceptors (Lipinski definition) is 5. The molecule has 2 heterocycles. The molecule has 0 aliphatic carbocycles. The number of carbonyl (C=O) groups is 1. The maximum Gasteiger partial charge on any atom is 0.258 e. The van der Waals surface area contributed by atoms with E-state index in [1.807, 2.05) is 37.3 Å². The molecule has 2 aromatic carbocycles. The predicted molar refractivity (Wildman–Crippen MR) is 100.0 cm³/mol. The standard InChI is InChI=1S/C21H19N3O3/c1-15-3-5-16(6-4-15)27-17-7-8-19-18(13-17)21(25)24(11-12-26-19)14-20-22-9-2-10-23-20/h2-10,13H,11-12,14H2,1H3. The number of amides is 1. The first kappa shape index (κ1) is 17.0. The maximum absolute atomic E-state index is 13.0. The summed E-state index contributed by atoms with van der Waals surface area (Å²) in [4.78, 5) is 23.1. The lowest BCUT2D eigenvalue weighted by Gasteiger charge is -2.19. The summed E-state index contributed by atoms with van der Waals surface area (Å²) in [6.07, 6.45) is 3.34. The lowest BCUT2D eigenvalue weighted by Crippen LogP contribution is -2.32. The summed E-state index contributed by atoms with van der Waals surface area (Å²) < 4.78 is 11.6. The Hall–Kier alpha value is -3.41. The third-order valence-corrected chi connectivity index (χ3v) is 4.30. The maximum atomic E-state index is 13.0. The van der Waals surface area contributed by atoms with E-state index in [9.17, 15) is 4.79 Å². The van der Waals surface area contributed by atoms with Gasteiger partial charge in [0.15, 0.2) is 0 Å². The van der Waals surface area contributed by atoms with Gasteiger partial charge in [0.25, 0.3) is 5.91 Å². The SMILES string of the molecule is Cc1ccc(Oc2ccc3c(c2)C(=O)N(Cc2ncccn2)CCO3)cc1. The van der Waals surface area contributed by atoms with Gasteiger partial charge in [0.05, 0.1) is 18.7 Å². The highest BCUT2D eigenvalue weighted by Gasteiger charge is 2.25.